The molecule has 0 N–H and O–H groups in total. The van der Waals surface area contributed by atoms with Gasteiger partial charge in [-0.1, -0.05) is 158 Å². The minimum absolute atomic E-state index is 0.894. The first kappa shape index (κ1) is 30.6. The zero-order valence-corrected chi connectivity index (χ0v) is 28.6. The SMILES string of the molecule is C/C=C(/Cc1ccc2cc3ccccc3cc2c1)c1ccc(-c2ccc(N(c3cccc4ccccc34)c3cccc4ccccc34)cc2)cc1. The molecule has 51 heavy (non-hydrogen) atoms. The van der Waals surface area contributed by atoms with Crippen molar-refractivity contribution in [2.75, 3.05) is 4.90 Å². The first-order valence-electron chi connectivity index (χ1n) is 17.7. The molecule has 242 valence electrons. The molecule has 0 fully saturated rings. The van der Waals surface area contributed by atoms with Gasteiger partial charge >= 0.3 is 0 Å². The maximum atomic E-state index is 2.41. The molecular formula is C50H37N. The van der Waals surface area contributed by atoms with Gasteiger partial charge in [-0.3, -0.25) is 0 Å². The highest BCUT2D eigenvalue weighted by Gasteiger charge is 2.17. The molecule has 0 unspecified atom stereocenters. The first-order valence-corrected chi connectivity index (χ1v) is 17.7. The smallest absolute Gasteiger partial charge is 0.0540 e. The Kier molecular flexibility index (Phi) is 7.87. The number of benzene rings is 9. The third-order valence-corrected chi connectivity index (χ3v) is 10.2. The van der Waals surface area contributed by atoms with E-state index in [0.29, 0.717) is 0 Å². The summed E-state index contributed by atoms with van der Waals surface area (Å²) in [4.78, 5) is 2.41. The molecule has 0 amide bonds. The Morgan fingerprint density at radius 2 is 0.922 bits per heavy atom. The number of nitrogens with zero attached hydrogens (tertiary/aromatic N) is 1. The maximum Gasteiger partial charge on any atom is 0.0540 e. The molecule has 0 saturated heterocycles. The van der Waals surface area contributed by atoms with Crippen LogP contribution in [0.5, 0.6) is 0 Å². The second-order valence-electron chi connectivity index (χ2n) is 13.3. The minimum atomic E-state index is 0.894. The van der Waals surface area contributed by atoms with Crippen LogP contribution >= 0.6 is 0 Å². The molecule has 9 aromatic rings. The number of hydrogen-bond acceptors (Lipinski definition) is 1. The lowest BCUT2D eigenvalue weighted by Gasteiger charge is -2.28. The van der Waals surface area contributed by atoms with Crippen molar-refractivity contribution in [1.29, 1.82) is 0 Å². The third-order valence-electron chi connectivity index (χ3n) is 10.2. The van der Waals surface area contributed by atoms with E-state index in [1.165, 1.54) is 82.3 Å². The highest BCUT2D eigenvalue weighted by atomic mass is 15.1. The van der Waals surface area contributed by atoms with Gasteiger partial charge in [-0.15, -0.1) is 0 Å². The molecule has 0 spiro atoms. The summed E-state index contributed by atoms with van der Waals surface area (Å²) in [6, 6.07) is 68.6. The Morgan fingerprint density at radius 3 is 1.51 bits per heavy atom. The summed E-state index contributed by atoms with van der Waals surface area (Å²) in [5, 5.41) is 10.1. The molecule has 0 aliphatic rings. The summed E-state index contributed by atoms with van der Waals surface area (Å²) < 4.78 is 0. The van der Waals surface area contributed by atoms with Crippen LogP contribution in [0, 0.1) is 0 Å². The van der Waals surface area contributed by atoms with Crippen molar-refractivity contribution >= 4 is 65.7 Å². The molecule has 0 heterocycles. The molecule has 0 atom stereocenters. The molecule has 0 radical (unpaired) electrons. The third kappa shape index (κ3) is 5.83. The van der Waals surface area contributed by atoms with E-state index in [4.69, 9.17) is 0 Å². The van der Waals surface area contributed by atoms with E-state index in [0.717, 1.165) is 12.1 Å². The van der Waals surface area contributed by atoms with E-state index in [1.807, 2.05) is 0 Å². The quantitative estimate of drug-likeness (QED) is 0.155. The van der Waals surface area contributed by atoms with Crippen molar-refractivity contribution in [3.8, 4) is 11.1 Å². The summed E-state index contributed by atoms with van der Waals surface area (Å²) in [6.45, 7) is 2.15. The predicted molar refractivity (Wildman–Crippen MR) is 220 cm³/mol. The predicted octanol–water partition coefficient (Wildman–Crippen LogP) is 14.1. The number of allylic oxidation sites excluding steroid dienone is 2. The van der Waals surface area contributed by atoms with Gasteiger partial charge in [0.05, 0.1) is 11.4 Å². The maximum absolute atomic E-state index is 2.41. The monoisotopic (exact) mass is 651 g/mol. The molecule has 0 aromatic heterocycles. The molecule has 0 aliphatic carbocycles. The van der Waals surface area contributed by atoms with Gasteiger partial charge < -0.3 is 4.90 Å². The van der Waals surface area contributed by atoms with Crippen molar-refractivity contribution in [3.05, 3.63) is 205 Å². The Morgan fingerprint density at radius 1 is 0.431 bits per heavy atom. The van der Waals surface area contributed by atoms with Crippen molar-refractivity contribution in [1.82, 2.24) is 0 Å². The van der Waals surface area contributed by atoms with Crippen LogP contribution in [-0.4, -0.2) is 0 Å². The normalized spacial score (nSPS) is 11.8. The van der Waals surface area contributed by atoms with Gasteiger partial charge in [0.2, 0.25) is 0 Å². The highest BCUT2D eigenvalue weighted by Crippen LogP contribution is 2.42. The van der Waals surface area contributed by atoms with Gasteiger partial charge in [0.25, 0.3) is 0 Å². The molecular weight excluding hydrogens is 615 g/mol. The lowest BCUT2D eigenvalue weighted by atomic mass is 9.94. The molecule has 0 saturated carbocycles. The average Bonchev–Trinajstić information content (AvgIpc) is 3.20. The van der Waals surface area contributed by atoms with E-state index < -0.39 is 0 Å². The Bertz CT molecular complexity index is 2630. The molecule has 1 nitrogen and oxygen atoms in total. The number of fused-ring (bicyclic) bond motifs is 4. The average molecular weight is 652 g/mol. The fraction of sp³-hybridized carbons (Fsp3) is 0.0400. The Hall–Kier alpha value is -6.44. The molecule has 0 bridgehead atoms. The van der Waals surface area contributed by atoms with Gasteiger partial charge in [-0.05, 0) is 110 Å². The minimum Gasteiger partial charge on any atom is -0.309 e. The number of anilines is 3. The molecule has 9 aromatic carbocycles. The molecule has 1 heteroatoms. The van der Waals surface area contributed by atoms with Crippen molar-refractivity contribution in [3.63, 3.8) is 0 Å². The van der Waals surface area contributed by atoms with Crippen LogP contribution in [0.15, 0.2) is 194 Å². The molecule has 0 aliphatic heterocycles. The first-order chi connectivity index (χ1) is 25.2. The summed E-state index contributed by atoms with van der Waals surface area (Å²) in [5.41, 5.74) is 9.79. The highest BCUT2D eigenvalue weighted by molar-refractivity contribution is 6.05. The molecule has 9 rings (SSSR count). The number of hydrogen-bond donors (Lipinski definition) is 0. The fourth-order valence-corrected chi connectivity index (χ4v) is 7.58. The summed E-state index contributed by atoms with van der Waals surface area (Å²) >= 11 is 0. The summed E-state index contributed by atoms with van der Waals surface area (Å²) in [5.74, 6) is 0. The van der Waals surface area contributed by atoms with Crippen LogP contribution in [0.1, 0.15) is 18.1 Å². The Labute approximate surface area is 299 Å². The lowest BCUT2D eigenvalue weighted by molar-refractivity contribution is 1.28. The van der Waals surface area contributed by atoms with Crippen LogP contribution in [0.4, 0.5) is 17.1 Å². The summed E-state index contributed by atoms with van der Waals surface area (Å²) in [7, 11) is 0. The van der Waals surface area contributed by atoms with E-state index in [1.54, 1.807) is 0 Å². The van der Waals surface area contributed by atoms with E-state index in [-0.39, 0.29) is 0 Å². The standard InChI is InChI=1S/C50H37N/c1-2-36(31-35-21-22-44-33-42-13-3-4-14-43(42)34-45(44)32-35)37-23-25-38(26-24-37)39-27-29-46(30-28-39)51(49-19-9-15-40-11-5-7-17-47(40)49)50-20-10-16-41-12-6-8-18-48(41)50/h2-30,32-34H,31H2,1H3/b36-2-. The topological polar surface area (TPSA) is 3.24 Å². The van der Waals surface area contributed by atoms with Gasteiger partial charge in [-0.2, -0.15) is 0 Å². The Balaban J connectivity index is 1.02. The van der Waals surface area contributed by atoms with Gasteiger partial charge in [-0.25, -0.2) is 0 Å². The van der Waals surface area contributed by atoms with Crippen LogP contribution in [-0.2, 0) is 6.42 Å². The van der Waals surface area contributed by atoms with Crippen LogP contribution in [0.3, 0.4) is 0 Å². The second kappa shape index (κ2) is 13.1. The van der Waals surface area contributed by atoms with E-state index >= 15 is 0 Å². The number of rotatable bonds is 7. The lowest BCUT2D eigenvalue weighted by Crippen LogP contribution is -2.11. The van der Waals surface area contributed by atoms with Crippen LogP contribution in [0.25, 0.3) is 59.8 Å². The van der Waals surface area contributed by atoms with Gasteiger partial charge in [0.15, 0.2) is 0 Å². The van der Waals surface area contributed by atoms with Crippen molar-refractivity contribution < 1.29 is 0 Å². The zero-order chi connectivity index (χ0) is 34.1. The largest absolute Gasteiger partial charge is 0.309 e. The van der Waals surface area contributed by atoms with Crippen LogP contribution in [0.2, 0.25) is 0 Å². The summed E-state index contributed by atoms with van der Waals surface area (Å²) in [6.07, 6.45) is 3.15. The van der Waals surface area contributed by atoms with Crippen molar-refractivity contribution in [2.24, 2.45) is 0 Å². The van der Waals surface area contributed by atoms with Gasteiger partial charge in [0.1, 0.15) is 0 Å². The van der Waals surface area contributed by atoms with E-state index in [9.17, 15) is 0 Å². The van der Waals surface area contributed by atoms with E-state index in [2.05, 4.69) is 206 Å². The van der Waals surface area contributed by atoms with Gasteiger partial charge in [0, 0.05) is 16.5 Å². The van der Waals surface area contributed by atoms with Crippen molar-refractivity contribution in [2.45, 2.75) is 13.3 Å². The van der Waals surface area contributed by atoms with Crippen LogP contribution < -0.4 is 4.90 Å². The fourth-order valence-electron chi connectivity index (χ4n) is 7.58. The second-order valence-corrected chi connectivity index (χ2v) is 13.3. The zero-order valence-electron chi connectivity index (χ0n) is 28.6.